The maximum atomic E-state index is 6.14. The molecule has 86 valence electrons. The molecule has 0 N–H and O–H groups in total. The zero-order valence-electron chi connectivity index (χ0n) is 9.44. The van der Waals surface area contributed by atoms with Gasteiger partial charge in [-0.25, -0.2) is 9.97 Å². The van der Waals surface area contributed by atoms with Gasteiger partial charge in [0.15, 0.2) is 11.5 Å². The SMILES string of the molecule is Cc1cnc2c(c1)nc(-c1sccc1Cl)n2C. The highest BCUT2D eigenvalue weighted by atomic mass is 35.5. The van der Waals surface area contributed by atoms with Gasteiger partial charge in [-0.3, -0.25) is 0 Å². The Bertz CT molecular complexity index is 699. The van der Waals surface area contributed by atoms with Crippen LogP contribution in [0.4, 0.5) is 0 Å². The zero-order chi connectivity index (χ0) is 12.0. The quantitative estimate of drug-likeness (QED) is 0.671. The predicted octanol–water partition coefficient (Wildman–Crippen LogP) is 3.66. The topological polar surface area (TPSA) is 30.7 Å². The standard InChI is InChI=1S/C12H10ClN3S/c1-7-5-9-11(14-6-7)16(2)12(15-9)10-8(13)3-4-17-10/h3-6H,1-2H3. The minimum Gasteiger partial charge on any atom is -0.311 e. The number of rotatable bonds is 1. The molecule has 3 aromatic rings. The third-order valence-electron chi connectivity index (χ3n) is 2.67. The second kappa shape index (κ2) is 3.82. The van der Waals surface area contributed by atoms with Crippen LogP contribution in [-0.4, -0.2) is 14.5 Å². The van der Waals surface area contributed by atoms with Crippen molar-refractivity contribution in [2.24, 2.45) is 7.05 Å². The van der Waals surface area contributed by atoms with E-state index in [9.17, 15) is 0 Å². The Morgan fingerprint density at radius 1 is 1.41 bits per heavy atom. The van der Waals surface area contributed by atoms with Crippen molar-refractivity contribution in [1.82, 2.24) is 14.5 Å². The molecule has 0 atom stereocenters. The van der Waals surface area contributed by atoms with Crippen LogP contribution < -0.4 is 0 Å². The van der Waals surface area contributed by atoms with Gasteiger partial charge in [-0.2, -0.15) is 0 Å². The zero-order valence-corrected chi connectivity index (χ0v) is 11.0. The average Bonchev–Trinajstić information content (AvgIpc) is 2.83. The number of aryl methyl sites for hydroxylation is 2. The third-order valence-corrected chi connectivity index (χ3v) is 4.00. The van der Waals surface area contributed by atoms with Crippen molar-refractivity contribution in [2.75, 3.05) is 0 Å². The van der Waals surface area contributed by atoms with Gasteiger partial charge in [0.05, 0.1) is 9.90 Å². The number of fused-ring (bicyclic) bond motifs is 1. The van der Waals surface area contributed by atoms with Gasteiger partial charge in [-0.1, -0.05) is 11.6 Å². The fraction of sp³-hybridized carbons (Fsp3) is 0.167. The molecular weight excluding hydrogens is 254 g/mol. The van der Waals surface area contributed by atoms with Gasteiger partial charge in [0.2, 0.25) is 0 Å². The maximum absolute atomic E-state index is 6.14. The van der Waals surface area contributed by atoms with E-state index in [0.717, 1.165) is 32.5 Å². The van der Waals surface area contributed by atoms with Crippen LogP contribution in [0.15, 0.2) is 23.7 Å². The molecular formula is C12H10ClN3S. The van der Waals surface area contributed by atoms with Gasteiger partial charge in [0.1, 0.15) is 5.52 Å². The number of aromatic nitrogens is 3. The molecule has 0 bridgehead atoms. The Hall–Kier alpha value is -1.39. The highest BCUT2D eigenvalue weighted by Crippen LogP contribution is 2.33. The summed E-state index contributed by atoms with van der Waals surface area (Å²) in [5.41, 5.74) is 2.90. The molecule has 5 heteroatoms. The maximum Gasteiger partial charge on any atom is 0.160 e. The number of nitrogens with zero attached hydrogens (tertiary/aromatic N) is 3. The van der Waals surface area contributed by atoms with E-state index in [1.807, 2.05) is 42.2 Å². The second-order valence-corrected chi connectivity index (χ2v) is 5.27. The first-order valence-corrected chi connectivity index (χ1v) is 6.45. The molecule has 3 aromatic heterocycles. The van der Waals surface area contributed by atoms with E-state index in [-0.39, 0.29) is 0 Å². The molecule has 0 aliphatic heterocycles. The highest BCUT2D eigenvalue weighted by molar-refractivity contribution is 7.14. The summed E-state index contributed by atoms with van der Waals surface area (Å²) in [6.07, 6.45) is 1.85. The van der Waals surface area contributed by atoms with Gasteiger partial charge in [0.25, 0.3) is 0 Å². The number of hydrogen-bond donors (Lipinski definition) is 0. The lowest BCUT2D eigenvalue weighted by Gasteiger charge is -1.99. The van der Waals surface area contributed by atoms with E-state index >= 15 is 0 Å². The van der Waals surface area contributed by atoms with Gasteiger partial charge >= 0.3 is 0 Å². The van der Waals surface area contributed by atoms with Crippen LogP contribution in [0.25, 0.3) is 21.9 Å². The van der Waals surface area contributed by atoms with Crippen molar-refractivity contribution in [3.05, 3.63) is 34.3 Å². The molecule has 17 heavy (non-hydrogen) atoms. The number of halogens is 1. The summed E-state index contributed by atoms with van der Waals surface area (Å²) >= 11 is 7.73. The van der Waals surface area contributed by atoms with Crippen molar-refractivity contribution >= 4 is 34.1 Å². The molecule has 0 spiro atoms. The monoisotopic (exact) mass is 263 g/mol. The molecule has 0 saturated heterocycles. The van der Waals surface area contributed by atoms with E-state index in [0.29, 0.717) is 0 Å². The molecule has 0 fully saturated rings. The summed E-state index contributed by atoms with van der Waals surface area (Å²) in [5.74, 6) is 0.873. The number of pyridine rings is 1. The lowest BCUT2D eigenvalue weighted by molar-refractivity contribution is 0.944. The summed E-state index contributed by atoms with van der Waals surface area (Å²) < 4.78 is 1.98. The van der Waals surface area contributed by atoms with E-state index in [1.165, 1.54) is 0 Å². The first-order chi connectivity index (χ1) is 8.16. The molecule has 3 rings (SSSR count). The van der Waals surface area contributed by atoms with Crippen molar-refractivity contribution in [1.29, 1.82) is 0 Å². The molecule has 3 heterocycles. The van der Waals surface area contributed by atoms with Crippen LogP contribution in [0.2, 0.25) is 5.02 Å². The summed E-state index contributed by atoms with van der Waals surface area (Å²) in [4.78, 5) is 10.00. The molecule has 3 nitrogen and oxygen atoms in total. The molecule has 0 unspecified atom stereocenters. The van der Waals surface area contributed by atoms with Crippen LogP contribution in [0.1, 0.15) is 5.56 Å². The Balaban J connectivity index is 2.31. The lowest BCUT2D eigenvalue weighted by atomic mass is 10.3. The fourth-order valence-electron chi connectivity index (χ4n) is 1.83. The highest BCUT2D eigenvalue weighted by Gasteiger charge is 2.14. The first kappa shape index (κ1) is 10.7. The van der Waals surface area contributed by atoms with Crippen molar-refractivity contribution in [3.63, 3.8) is 0 Å². The normalized spacial score (nSPS) is 11.2. The Morgan fingerprint density at radius 2 is 2.24 bits per heavy atom. The van der Waals surface area contributed by atoms with E-state index < -0.39 is 0 Å². The Labute approximate surface area is 108 Å². The van der Waals surface area contributed by atoms with Crippen molar-refractivity contribution < 1.29 is 0 Å². The van der Waals surface area contributed by atoms with Gasteiger partial charge in [0, 0.05) is 13.2 Å². The van der Waals surface area contributed by atoms with Crippen LogP contribution >= 0.6 is 22.9 Å². The third kappa shape index (κ3) is 1.64. The van der Waals surface area contributed by atoms with E-state index in [2.05, 4.69) is 9.97 Å². The summed E-state index contributed by atoms with van der Waals surface area (Å²) in [6, 6.07) is 3.92. The van der Waals surface area contributed by atoms with Crippen molar-refractivity contribution in [2.45, 2.75) is 6.92 Å². The molecule has 0 radical (unpaired) electrons. The van der Waals surface area contributed by atoms with Crippen LogP contribution in [-0.2, 0) is 7.05 Å². The largest absolute Gasteiger partial charge is 0.311 e. The molecule has 0 aliphatic rings. The number of hydrogen-bond acceptors (Lipinski definition) is 3. The van der Waals surface area contributed by atoms with Gasteiger partial charge in [-0.15, -0.1) is 11.3 Å². The van der Waals surface area contributed by atoms with Gasteiger partial charge in [-0.05, 0) is 30.0 Å². The van der Waals surface area contributed by atoms with Crippen LogP contribution in [0, 0.1) is 6.92 Å². The summed E-state index contributed by atoms with van der Waals surface area (Å²) in [5, 5.41) is 2.71. The number of thiophene rings is 1. The predicted molar refractivity (Wildman–Crippen MR) is 71.6 cm³/mol. The van der Waals surface area contributed by atoms with E-state index in [1.54, 1.807) is 11.3 Å². The summed E-state index contributed by atoms with van der Waals surface area (Å²) in [6.45, 7) is 2.01. The Morgan fingerprint density at radius 3 is 2.94 bits per heavy atom. The smallest absolute Gasteiger partial charge is 0.160 e. The second-order valence-electron chi connectivity index (χ2n) is 3.95. The molecule has 0 aromatic carbocycles. The van der Waals surface area contributed by atoms with Crippen LogP contribution in [0.5, 0.6) is 0 Å². The molecule has 0 aliphatic carbocycles. The first-order valence-electron chi connectivity index (χ1n) is 5.19. The van der Waals surface area contributed by atoms with Crippen molar-refractivity contribution in [3.8, 4) is 10.7 Å². The number of imidazole rings is 1. The lowest BCUT2D eigenvalue weighted by Crippen LogP contribution is -1.92. The minimum atomic E-state index is 0.741. The minimum absolute atomic E-state index is 0.741. The fourth-order valence-corrected chi connectivity index (χ4v) is 3.00. The molecule has 0 amide bonds. The van der Waals surface area contributed by atoms with E-state index in [4.69, 9.17) is 11.6 Å². The average molecular weight is 264 g/mol. The summed E-state index contributed by atoms with van der Waals surface area (Å²) in [7, 11) is 1.96. The Kier molecular flexibility index (Phi) is 2.42. The van der Waals surface area contributed by atoms with Crippen LogP contribution in [0.3, 0.4) is 0 Å². The van der Waals surface area contributed by atoms with Gasteiger partial charge < -0.3 is 4.57 Å². The molecule has 0 saturated carbocycles.